The van der Waals surface area contributed by atoms with Gasteiger partial charge in [-0.1, -0.05) is 36.4 Å². The summed E-state index contributed by atoms with van der Waals surface area (Å²) in [6.45, 7) is 2.94. The molecule has 0 saturated carbocycles. The molecule has 0 unspecified atom stereocenters. The molecular weight excluding hydrogens is 400 g/mol. The van der Waals surface area contributed by atoms with E-state index in [1.54, 1.807) is 17.1 Å². The number of benzene rings is 2. The van der Waals surface area contributed by atoms with Crippen LogP contribution in [-0.2, 0) is 6.54 Å². The molecule has 2 N–H and O–H groups in total. The topological polar surface area (TPSA) is 70.6 Å². The summed E-state index contributed by atoms with van der Waals surface area (Å²) in [6, 6.07) is 16.6. The molecule has 0 bridgehead atoms. The van der Waals surface area contributed by atoms with Crippen molar-refractivity contribution < 1.29 is 4.79 Å². The van der Waals surface area contributed by atoms with E-state index >= 15 is 0 Å². The molecule has 1 aliphatic heterocycles. The van der Waals surface area contributed by atoms with Crippen LogP contribution < -0.4 is 10.6 Å². The summed E-state index contributed by atoms with van der Waals surface area (Å²) >= 11 is 0. The second-order valence-electron chi connectivity index (χ2n) is 8.72. The predicted octanol–water partition coefficient (Wildman–Crippen LogP) is 3.76. The van der Waals surface area contributed by atoms with E-state index in [9.17, 15) is 4.79 Å². The first-order chi connectivity index (χ1) is 15.4. The average Bonchev–Trinajstić information content (AvgIpc) is 3.29. The van der Waals surface area contributed by atoms with E-state index in [2.05, 4.69) is 34.1 Å². The molecule has 1 amide bonds. The lowest BCUT2D eigenvalue weighted by Gasteiger charge is -2.36. The second-order valence-corrected chi connectivity index (χ2v) is 8.72. The summed E-state index contributed by atoms with van der Waals surface area (Å²) < 4.78 is 1.57. The van der Waals surface area contributed by atoms with Crippen molar-refractivity contribution in [1.29, 1.82) is 0 Å². The van der Waals surface area contributed by atoms with E-state index in [0.29, 0.717) is 5.69 Å². The van der Waals surface area contributed by atoms with E-state index < -0.39 is 0 Å². The molecule has 1 aromatic heterocycles. The Labute approximate surface area is 190 Å². The van der Waals surface area contributed by atoms with Crippen molar-refractivity contribution in [2.75, 3.05) is 44.9 Å². The lowest BCUT2D eigenvalue weighted by Crippen LogP contribution is -2.46. The number of rotatable bonds is 5. The van der Waals surface area contributed by atoms with E-state index in [1.807, 2.05) is 55.2 Å². The maximum absolute atomic E-state index is 13.1. The van der Waals surface area contributed by atoms with Gasteiger partial charge in [0.2, 0.25) is 0 Å². The minimum Gasteiger partial charge on any atom is -0.397 e. The molecular formula is C25H32N6O. The van der Waals surface area contributed by atoms with Gasteiger partial charge >= 0.3 is 6.03 Å². The number of carbonyl (C=O) groups is 1. The number of nitrogen functional groups attached to an aromatic ring is 1. The fourth-order valence-electron chi connectivity index (χ4n) is 4.34. The highest BCUT2D eigenvalue weighted by atomic mass is 16.2. The van der Waals surface area contributed by atoms with Crippen molar-refractivity contribution >= 4 is 17.4 Å². The van der Waals surface area contributed by atoms with Crippen LogP contribution in [0.3, 0.4) is 0 Å². The van der Waals surface area contributed by atoms with Gasteiger partial charge in [-0.25, -0.2) is 9.78 Å². The third kappa shape index (κ3) is 4.78. The zero-order valence-corrected chi connectivity index (χ0v) is 19.1. The summed E-state index contributed by atoms with van der Waals surface area (Å²) in [4.78, 5) is 23.8. The van der Waals surface area contributed by atoms with Gasteiger partial charge in [-0.3, -0.25) is 9.47 Å². The molecule has 1 fully saturated rings. The Bertz CT molecular complexity index is 1050. The maximum atomic E-state index is 13.1. The molecule has 2 aromatic carbocycles. The number of hydrogen-bond donors (Lipinski definition) is 1. The predicted molar refractivity (Wildman–Crippen MR) is 130 cm³/mol. The zero-order chi connectivity index (χ0) is 22.7. The summed E-state index contributed by atoms with van der Waals surface area (Å²) in [7, 11) is 5.81. The number of nitrogens with zero attached hydrogens (tertiary/aromatic N) is 5. The van der Waals surface area contributed by atoms with Crippen molar-refractivity contribution in [2.45, 2.75) is 25.4 Å². The van der Waals surface area contributed by atoms with Gasteiger partial charge in [0, 0.05) is 58.6 Å². The van der Waals surface area contributed by atoms with Gasteiger partial charge in [0.15, 0.2) is 0 Å². The molecule has 4 rings (SSSR count). The normalized spacial score (nSPS) is 15.0. The number of anilines is 2. The quantitative estimate of drug-likeness (QED) is 0.622. The Morgan fingerprint density at radius 1 is 1.09 bits per heavy atom. The number of likely N-dealkylation sites (tertiary alicyclic amines) is 1. The van der Waals surface area contributed by atoms with Crippen molar-refractivity contribution in [3.05, 3.63) is 66.6 Å². The SMILES string of the molecule is CN(C)c1ccc(-c2cn(C(=O)N(C)C3CCN(Cc4ccccc4)CC3)cn2)cc1N. The van der Waals surface area contributed by atoms with Crippen LogP contribution >= 0.6 is 0 Å². The number of nitrogens with two attached hydrogens (primary N) is 1. The lowest BCUT2D eigenvalue weighted by molar-refractivity contribution is 0.132. The van der Waals surface area contributed by atoms with Gasteiger partial charge < -0.3 is 15.5 Å². The van der Waals surface area contributed by atoms with Crippen LogP contribution in [0.2, 0.25) is 0 Å². The van der Waals surface area contributed by atoms with E-state index in [4.69, 9.17) is 5.73 Å². The van der Waals surface area contributed by atoms with Crippen molar-refractivity contribution in [3.63, 3.8) is 0 Å². The molecule has 1 saturated heterocycles. The van der Waals surface area contributed by atoms with Gasteiger partial charge in [-0.2, -0.15) is 0 Å². The molecule has 0 radical (unpaired) electrons. The fourth-order valence-corrected chi connectivity index (χ4v) is 4.34. The van der Waals surface area contributed by atoms with Crippen molar-refractivity contribution in [1.82, 2.24) is 19.4 Å². The molecule has 7 nitrogen and oxygen atoms in total. The average molecular weight is 433 g/mol. The third-order valence-corrected chi connectivity index (χ3v) is 6.26. The molecule has 32 heavy (non-hydrogen) atoms. The molecule has 2 heterocycles. The van der Waals surface area contributed by atoms with E-state index in [1.165, 1.54) is 5.56 Å². The van der Waals surface area contributed by atoms with Crippen molar-refractivity contribution in [2.24, 2.45) is 0 Å². The molecule has 0 aliphatic carbocycles. The summed E-state index contributed by atoms with van der Waals surface area (Å²) in [6.07, 6.45) is 5.32. The van der Waals surface area contributed by atoms with E-state index in [0.717, 1.165) is 49.4 Å². The van der Waals surface area contributed by atoms with E-state index in [-0.39, 0.29) is 12.1 Å². The first-order valence-electron chi connectivity index (χ1n) is 11.1. The highest BCUT2D eigenvalue weighted by Gasteiger charge is 2.26. The highest BCUT2D eigenvalue weighted by Crippen LogP contribution is 2.27. The number of imidazole rings is 1. The summed E-state index contributed by atoms with van der Waals surface area (Å²) in [5.74, 6) is 0. The maximum Gasteiger partial charge on any atom is 0.329 e. The number of aromatic nitrogens is 2. The van der Waals surface area contributed by atoms with Crippen LogP contribution in [0, 0.1) is 0 Å². The van der Waals surface area contributed by atoms with Crippen LogP contribution in [0.25, 0.3) is 11.3 Å². The number of amides is 1. The van der Waals surface area contributed by atoms with Crippen LogP contribution in [0.4, 0.5) is 16.2 Å². The van der Waals surface area contributed by atoms with Gasteiger partial charge in [0.25, 0.3) is 0 Å². The van der Waals surface area contributed by atoms with Gasteiger partial charge in [0.05, 0.1) is 17.1 Å². The fraction of sp³-hybridized carbons (Fsp3) is 0.360. The van der Waals surface area contributed by atoms with Crippen LogP contribution in [0.1, 0.15) is 18.4 Å². The van der Waals surface area contributed by atoms with Crippen LogP contribution in [-0.4, -0.2) is 65.7 Å². The Hall–Kier alpha value is -3.32. The third-order valence-electron chi connectivity index (χ3n) is 6.26. The Balaban J connectivity index is 1.37. The Kier molecular flexibility index (Phi) is 6.46. The molecule has 3 aromatic rings. The molecule has 1 aliphatic rings. The van der Waals surface area contributed by atoms with Crippen LogP contribution in [0.15, 0.2) is 61.1 Å². The minimum atomic E-state index is -0.0526. The second kappa shape index (κ2) is 9.44. The van der Waals surface area contributed by atoms with Gasteiger partial charge in [0.1, 0.15) is 6.33 Å². The number of piperidine rings is 1. The number of carbonyl (C=O) groups excluding carboxylic acids is 1. The monoisotopic (exact) mass is 432 g/mol. The highest BCUT2D eigenvalue weighted by molar-refractivity contribution is 5.79. The van der Waals surface area contributed by atoms with Crippen LogP contribution in [0.5, 0.6) is 0 Å². The summed E-state index contributed by atoms with van der Waals surface area (Å²) in [5.41, 5.74) is 10.8. The molecule has 7 heteroatoms. The van der Waals surface area contributed by atoms with Crippen molar-refractivity contribution in [3.8, 4) is 11.3 Å². The van der Waals surface area contributed by atoms with Gasteiger partial charge in [-0.15, -0.1) is 0 Å². The lowest BCUT2D eigenvalue weighted by atomic mass is 10.0. The zero-order valence-electron chi connectivity index (χ0n) is 19.1. The smallest absolute Gasteiger partial charge is 0.329 e. The molecule has 0 spiro atoms. The first kappa shape index (κ1) is 21.9. The van der Waals surface area contributed by atoms with Gasteiger partial charge in [-0.05, 0) is 30.5 Å². The Morgan fingerprint density at radius 2 is 1.81 bits per heavy atom. The largest absolute Gasteiger partial charge is 0.397 e. The molecule has 0 atom stereocenters. The minimum absolute atomic E-state index is 0.0526. The number of hydrogen-bond acceptors (Lipinski definition) is 5. The standard InChI is InChI=1S/C25H32N6O/c1-28(2)24-10-9-20(15-22(24)26)23-17-31(18-27-23)25(32)29(3)21-11-13-30(14-12-21)16-19-7-5-4-6-8-19/h4-10,15,17-18,21H,11-14,16,26H2,1-3H3. The Morgan fingerprint density at radius 3 is 2.47 bits per heavy atom. The molecule has 168 valence electrons. The first-order valence-corrected chi connectivity index (χ1v) is 11.1. The summed E-state index contributed by atoms with van der Waals surface area (Å²) in [5, 5.41) is 0.